The van der Waals surface area contributed by atoms with Crippen LogP contribution < -0.4 is 5.32 Å². The Morgan fingerprint density at radius 3 is 2.71 bits per heavy atom. The second kappa shape index (κ2) is 8.85. The highest BCUT2D eigenvalue weighted by Crippen LogP contribution is 2.25. The molecule has 0 atom stereocenters. The average Bonchev–Trinajstić information content (AvgIpc) is 3.04. The summed E-state index contributed by atoms with van der Waals surface area (Å²) in [4.78, 5) is 34.6. The van der Waals surface area contributed by atoms with E-state index in [1.165, 1.54) is 23.8 Å². The number of aliphatic hydroxyl groups is 1. The summed E-state index contributed by atoms with van der Waals surface area (Å²) in [5, 5.41) is 12.8. The molecule has 9 heteroatoms. The van der Waals surface area contributed by atoms with Crippen molar-refractivity contribution < 1.29 is 19.4 Å². The van der Waals surface area contributed by atoms with Crippen LogP contribution in [0.1, 0.15) is 0 Å². The van der Waals surface area contributed by atoms with Gasteiger partial charge in [0.2, 0.25) is 0 Å². The smallest absolute Gasteiger partial charge is 0.337 e. The van der Waals surface area contributed by atoms with Crippen molar-refractivity contribution in [1.82, 2.24) is 14.9 Å². The SMILES string of the molecule is COC(=O)C1=C(Nc2ccc(-c3ccnc(SC)n3)cc2)C(=O)N(CCO)C1. The number of aromatic nitrogens is 2. The Kier molecular flexibility index (Phi) is 6.27. The van der Waals surface area contributed by atoms with Crippen LogP contribution in [-0.4, -0.2) is 64.9 Å². The van der Waals surface area contributed by atoms with Gasteiger partial charge in [-0.3, -0.25) is 4.79 Å². The van der Waals surface area contributed by atoms with Crippen molar-refractivity contribution in [3.63, 3.8) is 0 Å². The first-order valence-electron chi connectivity index (χ1n) is 8.53. The summed E-state index contributed by atoms with van der Waals surface area (Å²) in [5.41, 5.74) is 2.76. The predicted molar refractivity (Wildman–Crippen MR) is 106 cm³/mol. The van der Waals surface area contributed by atoms with Gasteiger partial charge in [-0.15, -0.1) is 0 Å². The van der Waals surface area contributed by atoms with Gasteiger partial charge in [-0.1, -0.05) is 23.9 Å². The fourth-order valence-electron chi connectivity index (χ4n) is 2.82. The molecule has 0 unspecified atom stereocenters. The molecule has 0 fully saturated rings. The Balaban J connectivity index is 1.83. The summed E-state index contributed by atoms with van der Waals surface area (Å²) in [5.74, 6) is -0.919. The van der Waals surface area contributed by atoms with Crippen LogP contribution >= 0.6 is 11.8 Å². The van der Waals surface area contributed by atoms with Gasteiger partial charge in [0, 0.05) is 24.0 Å². The zero-order valence-electron chi connectivity index (χ0n) is 15.5. The van der Waals surface area contributed by atoms with Gasteiger partial charge in [0.1, 0.15) is 5.70 Å². The van der Waals surface area contributed by atoms with Gasteiger partial charge in [0.15, 0.2) is 5.16 Å². The number of benzene rings is 1. The third-order valence-electron chi connectivity index (χ3n) is 4.22. The second-order valence-electron chi connectivity index (χ2n) is 5.93. The summed E-state index contributed by atoms with van der Waals surface area (Å²) in [6, 6.07) is 9.18. The van der Waals surface area contributed by atoms with E-state index in [4.69, 9.17) is 9.84 Å². The number of esters is 1. The summed E-state index contributed by atoms with van der Waals surface area (Å²) in [7, 11) is 1.27. The highest BCUT2D eigenvalue weighted by Gasteiger charge is 2.34. The molecule has 28 heavy (non-hydrogen) atoms. The highest BCUT2D eigenvalue weighted by molar-refractivity contribution is 7.98. The maximum absolute atomic E-state index is 12.6. The third-order valence-corrected chi connectivity index (χ3v) is 4.78. The molecule has 0 saturated heterocycles. The Hall–Kier alpha value is -2.91. The summed E-state index contributed by atoms with van der Waals surface area (Å²) >= 11 is 1.47. The number of hydrogen-bond donors (Lipinski definition) is 2. The Labute approximate surface area is 166 Å². The number of ether oxygens (including phenoxy) is 1. The molecule has 1 aromatic carbocycles. The Morgan fingerprint density at radius 1 is 1.32 bits per heavy atom. The van der Waals surface area contributed by atoms with Crippen LogP contribution in [0.4, 0.5) is 5.69 Å². The maximum Gasteiger partial charge on any atom is 0.337 e. The third kappa shape index (κ3) is 4.15. The fourth-order valence-corrected chi connectivity index (χ4v) is 3.17. The zero-order valence-corrected chi connectivity index (χ0v) is 16.3. The number of methoxy groups -OCH3 is 1. The monoisotopic (exact) mass is 400 g/mol. The topological polar surface area (TPSA) is 105 Å². The van der Waals surface area contributed by atoms with Gasteiger partial charge in [-0.05, 0) is 24.5 Å². The zero-order chi connectivity index (χ0) is 20.1. The predicted octanol–water partition coefficient (Wildman–Crippen LogP) is 1.54. The van der Waals surface area contributed by atoms with E-state index in [0.717, 1.165) is 11.3 Å². The molecule has 2 N–H and O–H groups in total. The molecule has 146 valence electrons. The lowest BCUT2D eigenvalue weighted by Gasteiger charge is -2.15. The van der Waals surface area contributed by atoms with E-state index in [0.29, 0.717) is 10.8 Å². The lowest BCUT2D eigenvalue weighted by atomic mass is 10.1. The number of β-amino-alcohol motifs (C(OH)–C–C–N with tert-alkyl or cyclic N) is 1. The van der Waals surface area contributed by atoms with Gasteiger partial charge in [0.25, 0.3) is 5.91 Å². The van der Waals surface area contributed by atoms with E-state index in [9.17, 15) is 9.59 Å². The van der Waals surface area contributed by atoms with Crippen molar-refractivity contribution in [1.29, 1.82) is 0 Å². The lowest BCUT2D eigenvalue weighted by Crippen LogP contribution is -2.31. The minimum Gasteiger partial charge on any atom is -0.466 e. The molecule has 0 spiro atoms. The fraction of sp³-hybridized carbons (Fsp3) is 0.263. The number of amides is 1. The van der Waals surface area contributed by atoms with Crippen molar-refractivity contribution in [2.45, 2.75) is 5.16 Å². The minimum atomic E-state index is -0.571. The largest absolute Gasteiger partial charge is 0.466 e. The number of carbonyl (C=O) groups excluding carboxylic acids is 2. The van der Waals surface area contributed by atoms with Gasteiger partial charge in [0.05, 0.1) is 31.5 Å². The van der Waals surface area contributed by atoms with Crippen molar-refractivity contribution in [2.24, 2.45) is 0 Å². The van der Waals surface area contributed by atoms with Crippen LogP contribution in [0.15, 0.2) is 53.0 Å². The molecule has 1 aromatic heterocycles. The number of nitrogens with zero attached hydrogens (tertiary/aromatic N) is 3. The molecule has 2 aromatic rings. The van der Waals surface area contributed by atoms with Gasteiger partial charge >= 0.3 is 5.97 Å². The molecular weight excluding hydrogens is 380 g/mol. The first-order valence-corrected chi connectivity index (χ1v) is 9.76. The van der Waals surface area contributed by atoms with Crippen molar-refractivity contribution in [3.8, 4) is 11.3 Å². The first kappa shape index (κ1) is 19.8. The van der Waals surface area contributed by atoms with Gasteiger partial charge < -0.3 is 20.1 Å². The van der Waals surface area contributed by atoms with Crippen LogP contribution in [0.3, 0.4) is 0 Å². The quantitative estimate of drug-likeness (QED) is 0.410. The summed E-state index contributed by atoms with van der Waals surface area (Å²) < 4.78 is 4.78. The second-order valence-corrected chi connectivity index (χ2v) is 6.70. The number of hydrogen-bond acceptors (Lipinski definition) is 8. The van der Waals surface area contributed by atoms with Crippen molar-refractivity contribution in [2.75, 3.05) is 38.4 Å². The number of aliphatic hydroxyl groups excluding tert-OH is 1. The maximum atomic E-state index is 12.6. The molecule has 0 saturated carbocycles. The van der Waals surface area contributed by atoms with Crippen LogP contribution in [0.5, 0.6) is 0 Å². The average molecular weight is 400 g/mol. The van der Waals surface area contributed by atoms with E-state index in [1.54, 1.807) is 18.3 Å². The van der Waals surface area contributed by atoms with Crippen LogP contribution in [0, 0.1) is 0 Å². The van der Waals surface area contributed by atoms with E-state index in [-0.39, 0.29) is 36.9 Å². The number of nitrogens with one attached hydrogen (secondary N) is 1. The number of carbonyl (C=O) groups is 2. The van der Waals surface area contributed by atoms with E-state index in [2.05, 4.69) is 15.3 Å². The summed E-state index contributed by atoms with van der Waals surface area (Å²) in [6.45, 7) is 0.0684. The Bertz CT molecular complexity index is 914. The number of thioether (sulfide) groups is 1. The molecular formula is C19H20N4O4S. The lowest BCUT2D eigenvalue weighted by molar-refractivity contribution is -0.136. The standard InChI is InChI=1S/C19H20N4O4S/c1-27-18(26)14-11-23(9-10-24)17(25)16(14)21-13-5-3-12(4-6-13)15-7-8-20-19(22-15)28-2/h3-8,21,24H,9-11H2,1-2H3. The van der Waals surface area contributed by atoms with Gasteiger partial charge in [-0.25, -0.2) is 14.8 Å². The van der Waals surface area contributed by atoms with Crippen molar-refractivity contribution in [3.05, 3.63) is 47.8 Å². The van der Waals surface area contributed by atoms with Crippen LogP contribution in [-0.2, 0) is 14.3 Å². The molecule has 0 radical (unpaired) electrons. The first-order chi connectivity index (χ1) is 13.6. The van der Waals surface area contributed by atoms with Crippen molar-refractivity contribution >= 4 is 29.3 Å². The molecule has 1 amide bonds. The molecule has 8 nitrogen and oxygen atoms in total. The van der Waals surface area contributed by atoms with Crippen LogP contribution in [0.25, 0.3) is 11.3 Å². The van der Waals surface area contributed by atoms with Gasteiger partial charge in [-0.2, -0.15) is 0 Å². The van der Waals surface area contributed by atoms with Crippen LogP contribution in [0.2, 0.25) is 0 Å². The van der Waals surface area contributed by atoms with E-state index >= 15 is 0 Å². The Morgan fingerprint density at radius 2 is 2.07 bits per heavy atom. The molecule has 0 bridgehead atoms. The number of anilines is 1. The highest BCUT2D eigenvalue weighted by atomic mass is 32.2. The molecule has 0 aliphatic carbocycles. The minimum absolute atomic E-state index is 0.102. The number of rotatable bonds is 7. The molecule has 2 heterocycles. The van der Waals surface area contributed by atoms with E-state index in [1.807, 2.05) is 24.5 Å². The summed E-state index contributed by atoms with van der Waals surface area (Å²) in [6.07, 6.45) is 3.62. The molecule has 1 aliphatic rings. The normalized spacial score (nSPS) is 13.8. The molecule has 1 aliphatic heterocycles. The van der Waals surface area contributed by atoms with E-state index < -0.39 is 5.97 Å². The molecule has 3 rings (SSSR count).